The van der Waals surface area contributed by atoms with E-state index in [0.717, 1.165) is 29.0 Å². The van der Waals surface area contributed by atoms with E-state index >= 15 is 0 Å². The molecule has 0 aromatic heterocycles. The van der Waals surface area contributed by atoms with E-state index in [2.05, 4.69) is 5.32 Å². The molecule has 0 spiro atoms. The Morgan fingerprint density at radius 3 is 2.66 bits per heavy atom. The minimum absolute atomic E-state index is 0.0614. The Morgan fingerprint density at radius 2 is 1.91 bits per heavy atom. The van der Waals surface area contributed by atoms with Crippen molar-refractivity contribution in [1.82, 2.24) is 4.90 Å². The molecule has 166 valence electrons. The number of nitrogens with one attached hydrogen (secondary N) is 1. The van der Waals surface area contributed by atoms with E-state index in [9.17, 15) is 13.6 Å². The van der Waals surface area contributed by atoms with E-state index < -0.39 is 17.7 Å². The smallest absolute Gasteiger partial charge is 0.323 e. The Labute approximate surface area is 189 Å². The van der Waals surface area contributed by atoms with E-state index in [-0.39, 0.29) is 11.1 Å². The van der Waals surface area contributed by atoms with Gasteiger partial charge in [-0.05, 0) is 35.4 Å². The zero-order chi connectivity index (χ0) is 22.5. The summed E-state index contributed by atoms with van der Waals surface area (Å²) in [6.45, 7) is 0.878. The Bertz CT molecular complexity index is 1100. The first-order valence-electron chi connectivity index (χ1n) is 10.0. The highest BCUT2D eigenvalue weighted by molar-refractivity contribution is 7.99. The number of hydrogen-bond donors (Lipinski definition) is 1. The maximum Gasteiger partial charge on any atom is 0.323 e. The van der Waals surface area contributed by atoms with Crippen LogP contribution in [0.5, 0.6) is 11.5 Å². The molecule has 1 N–H and O–H groups in total. The van der Waals surface area contributed by atoms with Crippen molar-refractivity contribution in [2.45, 2.75) is 12.0 Å². The third kappa shape index (κ3) is 4.96. The zero-order valence-corrected chi connectivity index (χ0v) is 18.2. The molecule has 3 aromatic rings. The number of benzene rings is 3. The quantitative estimate of drug-likeness (QED) is 0.507. The summed E-state index contributed by atoms with van der Waals surface area (Å²) < 4.78 is 38.5. The third-order valence-corrected chi connectivity index (χ3v) is 6.30. The predicted octanol–water partition coefficient (Wildman–Crippen LogP) is 5.83. The van der Waals surface area contributed by atoms with Crippen LogP contribution in [0.2, 0.25) is 0 Å². The van der Waals surface area contributed by atoms with Crippen LogP contribution in [0.25, 0.3) is 0 Å². The van der Waals surface area contributed by atoms with Crippen LogP contribution in [0.1, 0.15) is 16.5 Å². The molecule has 3 aromatic carbocycles. The van der Waals surface area contributed by atoms with Gasteiger partial charge in [0.2, 0.25) is 0 Å². The number of ether oxygens (including phenoxy) is 2. The van der Waals surface area contributed by atoms with E-state index in [1.165, 1.54) is 6.07 Å². The van der Waals surface area contributed by atoms with Crippen molar-refractivity contribution >= 4 is 23.5 Å². The van der Waals surface area contributed by atoms with Crippen LogP contribution >= 0.6 is 11.8 Å². The van der Waals surface area contributed by atoms with Crippen LogP contribution < -0.4 is 14.8 Å². The molecule has 1 aliphatic rings. The maximum absolute atomic E-state index is 14.0. The van der Waals surface area contributed by atoms with Crippen molar-refractivity contribution in [2.24, 2.45) is 0 Å². The molecular weight excluding hydrogens is 434 g/mol. The summed E-state index contributed by atoms with van der Waals surface area (Å²) in [4.78, 5) is 14.5. The van der Waals surface area contributed by atoms with Crippen LogP contribution in [0, 0.1) is 11.6 Å². The van der Waals surface area contributed by atoms with Gasteiger partial charge in [-0.3, -0.25) is 0 Å². The molecule has 8 heteroatoms. The maximum atomic E-state index is 14.0. The van der Waals surface area contributed by atoms with Crippen LogP contribution in [0.3, 0.4) is 0 Å². The molecule has 1 heterocycles. The summed E-state index contributed by atoms with van der Waals surface area (Å²) in [5.74, 6) is 0.387. The molecule has 2 amide bonds. The van der Waals surface area contributed by atoms with Crippen LogP contribution in [0.4, 0.5) is 19.3 Å². The summed E-state index contributed by atoms with van der Waals surface area (Å²) in [5.41, 5.74) is 1.83. The molecule has 0 radical (unpaired) electrons. The van der Waals surface area contributed by atoms with Crippen molar-refractivity contribution in [3.8, 4) is 11.5 Å². The second-order valence-corrected chi connectivity index (χ2v) is 8.34. The van der Waals surface area contributed by atoms with Gasteiger partial charge in [-0.1, -0.05) is 36.4 Å². The highest BCUT2D eigenvalue weighted by Crippen LogP contribution is 2.41. The number of carbonyl (C=O) groups is 1. The lowest BCUT2D eigenvalue weighted by Crippen LogP contribution is -2.34. The monoisotopic (exact) mass is 456 g/mol. The number of hydrogen-bond acceptors (Lipinski definition) is 4. The minimum atomic E-state index is -0.817. The summed E-state index contributed by atoms with van der Waals surface area (Å²) >= 11 is 1.60. The van der Waals surface area contributed by atoms with Crippen molar-refractivity contribution in [2.75, 3.05) is 24.7 Å². The number of methoxy groups -OCH3 is 1. The third-order valence-electron chi connectivity index (χ3n) is 5.03. The lowest BCUT2D eigenvalue weighted by molar-refractivity contribution is 0.214. The number of urea groups is 1. The first kappa shape index (κ1) is 22.0. The Hall–Kier alpha value is -3.26. The van der Waals surface area contributed by atoms with E-state index in [0.29, 0.717) is 24.7 Å². The van der Waals surface area contributed by atoms with Crippen molar-refractivity contribution < 1.29 is 23.0 Å². The fourth-order valence-corrected chi connectivity index (χ4v) is 4.67. The van der Waals surface area contributed by atoms with Crippen molar-refractivity contribution in [3.05, 3.63) is 89.5 Å². The van der Waals surface area contributed by atoms with Gasteiger partial charge in [0.1, 0.15) is 23.6 Å². The fourth-order valence-electron chi connectivity index (χ4n) is 3.43. The predicted molar refractivity (Wildman–Crippen MR) is 121 cm³/mol. The molecule has 1 atom stereocenters. The van der Waals surface area contributed by atoms with E-state index in [1.807, 2.05) is 48.5 Å². The number of thioether (sulfide) groups is 1. The van der Waals surface area contributed by atoms with Crippen molar-refractivity contribution in [3.63, 3.8) is 0 Å². The lowest BCUT2D eigenvalue weighted by Gasteiger charge is -2.25. The van der Waals surface area contributed by atoms with Crippen LogP contribution in [-0.4, -0.2) is 30.3 Å². The SMILES string of the molecule is COc1ccc(C2SCCN2C(=O)Nc2ccc(F)cc2F)cc1OCc1ccccc1. The summed E-state index contributed by atoms with van der Waals surface area (Å²) in [7, 11) is 1.58. The van der Waals surface area contributed by atoms with Gasteiger partial charge < -0.3 is 19.7 Å². The Morgan fingerprint density at radius 1 is 1.09 bits per heavy atom. The number of rotatable bonds is 6. The second-order valence-electron chi connectivity index (χ2n) is 7.16. The van der Waals surface area contributed by atoms with Gasteiger partial charge in [0, 0.05) is 18.4 Å². The summed E-state index contributed by atoms with van der Waals surface area (Å²) in [5, 5.41) is 2.26. The molecule has 5 nitrogen and oxygen atoms in total. The summed E-state index contributed by atoms with van der Waals surface area (Å²) in [6.07, 6.45) is 0. The first-order chi connectivity index (χ1) is 15.5. The lowest BCUT2D eigenvalue weighted by atomic mass is 10.1. The molecule has 1 saturated heterocycles. The van der Waals surface area contributed by atoms with Gasteiger partial charge in [-0.2, -0.15) is 0 Å². The molecule has 32 heavy (non-hydrogen) atoms. The molecule has 0 bridgehead atoms. The van der Waals surface area contributed by atoms with Gasteiger partial charge in [0.25, 0.3) is 0 Å². The second kappa shape index (κ2) is 9.91. The minimum Gasteiger partial charge on any atom is -0.493 e. The summed E-state index contributed by atoms with van der Waals surface area (Å²) in [6, 6.07) is 18.0. The largest absolute Gasteiger partial charge is 0.493 e. The van der Waals surface area contributed by atoms with Crippen LogP contribution in [-0.2, 0) is 6.61 Å². The average Bonchev–Trinajstić information content (AvgIpc) is 3.30. The average molecular weight is 457 g/mol. The van der Waals surface area contributed by atoms with Gasteiger partial charge in [-0.25, -0.2) is 13.6 Å². The standard InChI is InChI=1S/C24H22F2N2O3S/c1-30-21-10-7-17(13-22(21)31-15-16-5-3-2-4-6-16)23-28(11-12-32-23)24(29)27-20-9-8-18(25)14-19(20)26/h2-10,13-14,23H,11-12,15H2,1H3,(H,27,29). The number of amides is 2. The van der Waals surface area contributed by atoms with Gasteiger partial charge in [0.05, 0.1) is 12.8 Å². The molecular formula is C24H22F2N2O3S. The number of halogens is 2. The number of carbonyl (C=O) groups excluding carboxylic acids is 1. The first-order valence-corrected chi connectivity index (χ1v) is 11.1. The Kier molecular flexibility index (Phi) is 6.80. The fraction of sp³-hybridized carbons (Fsp3) is 0.208. The normalized spacial score (nSPS) is 15.5. The van der Waals surface area contributed by atoms with Gasteiger partial charge in [-0.15, -0.1) is 11.8 Å². The highest BCUT2D eigenvalue weighted by Gasteiger charge is 2.31. The van der Waals surface area contributed by atoms with Gasteiger partial charge in [0.15, 0.2) is 11.5 Å². The molecule has 0 aliphatic carbocycles. The molecule has 1 fully saturated rings. The number of nitrogens with zero attached hydrogens (tertiary/aromatic N) is 1. The molecule has 1 unspecified atom stereocenters. The molecule has 4 rings (SSSR count). The topological polar surface area (TPSA) is 50.8 Å². The molecule has 0 saturated carbocycles. The number of anilines is 1. The highest BCUT2D eigenvalue weighted by atomic mass is 32.2. The zero-order valence-electron chi connectivity index (χ0n) is 17.4. The van der Waals surface area contributed by atoms with Gasteiger partial charge >= 0.3 is 6.03 Å². The van der Waals surface area contributed by atoms with Crippen LogP contribution in [0.15, 0.2) is 66.7 Å². The van der Waals surface area contributed by atoms with E-state index in [1.54, 1.807) is 23.8 Å². The molecule has 1 aliphatic heterocycles. The van der Waals surface area contributed by atoms with Crippen molar-refractivity contribution in [1.29, 1.82) is 0 Å². The van der Waals surface area contributed by atoms with E-state index in [4.69, 9.17) is 9.47 Å². The Balaban J connectivity index is 1.51.